The van der Waals surface area contributed by atoms with Crippen LogP contribution in [-0.2, 0) is 9.59 Å². The number of carbonyl (C=O) groups is 1. The highest BCUT2D eigenvalue weighted by Crippen LogP contribution is 2.21. The minimum absolute atomic E-state index is 0.00963. The lowest BCUT2D eigenvalue weighted by atomic mass is 10.0. The van der Waals surface area contributed by atoms with Gasteiger partial charge in [-0.3, -0.25) is 14.9 Å². The Balaban J connectivity index is 1.87. The summed E-state index contributed by atoms with van der Waals surface area (Å²) in [5.41, 5.74) is 0. The van der Waals surface area contributed by atoms with E-state index in [-0.39, 0.29) is 23.2 Å². The van der Waals surface area contributed by atoms with E-state index in [9.17, 15) is 9.59 Å². The van der Waals surface area contributed by atoms with Gasteiger partial charge in [0.05, 0.1) is 12.1 Å². The second-order valence-electron chi connectivity index (χ2n) is 3.25. The number of Topliss-reactive ketones (excluding diaryl/α,β-unsaturated/α-hetero) is 1. The van der Waals surface area contributed by atoms with E-state index in [0.29, 0.717) is 5.75 Å². The Morgan fingerprint density at radius 3 is 2.77 bits per heavy atom. The van der Waals surface area contributed by atoms with Crippen molar-refractivity contribution in [1.29, 1.82) is 0 Å². The Hall–Kier alpha value is -0.390. The van der Waals surface area contributed by atoms with Crippen molar-refractivity contribution in [2.45, 2.75) is 23.9 Å². The highest BCUT2D eigenvalue weighted by atomic mass is 32.2. The average Bonchev–Trinajstić information content (AvgIpc) is 2.48. The number of rotatable bonds is 3. The molecule has 2 rings (SSSR count). The van der Waals surface area contributed by atoms with Crippen molar-refractivity contribution in [3.63, 3.8) is 0 Å². The molecule has 0 saturated carbocycles. The van der Waals surface area contributed by atoms with Gasteiger partial charge in [0.15, 0.2) is 5.78 Å². The lowest BCUT2D eigenvalue weighted by Gasteiger charge is -2.28. The van der Waals surface area contributed by atoms with Crippen LogP contribution in [0.15, 0.2) is 0 Å². The zero-order chi connectivity index (χ0) is 9.26. The van der Waals surface area contributed by atoms with E-state index in [1.807, 2.05) is 6.29 Å². The van der Waals surface area contributed by atoms with Crippen LogP contribution >= 0.6 is 11.8 Å². The molecule has 2 fully saturated rings. The average molecular weight is 199 g/mol. The molecule has 13 heavy (non-hydrogen) atoms. The first-order chi connectivity index (χ1) is 6.31. The van der Waals surface area contributed by atoms with Gasteiger partial charge in [0, 0.05) is 5.75 Å². The number of carbonyl (C=O) groups excluding carboxylic acids is 2. The second kappa shape index (κ2) is 3.77. The molecule has 4 nitrogen and oxygen atoms in total. The Labute approximate surface area is 80.8 Å². The predicted octanol–water partition coefficient (Wildman–Crippen LogP) is -0.942. The van der Waals surface area contributed by atoms with Crippen LogP contribution in [0.1, 0.15) is 6.42 Å². The normalized spacial score (nSPS) is 38.3. The summed E-state index contributed by atoms with van der Waals surface area (Å²) in [5.74, 6) is 0.834. The molecule has 2 heterocycles. The largest absolute Gasteiger partial charge is 0.307 e. The van der Waals surface area contributed by atoms with Gasteiger partial charge in [0.25, 0.3) is 0 Å². The molecule has 2 aliphatic rings. The van der Waals surface area contributed by atoms with Crippen molar-refractivity contribution in [3.8, 4) is 0 Å². The molecule has 3 unspecified atom stereocenters. The number of thioether (sulfide) groups is 1. The van der Waals surface area contributed by atoms with Crippen molar-refractivity contribution >= 4 is 23.8 Å². The SMILES string of the molecule is O=[C]C1CSC(C(=O)C2CCN2)N1. The molecule has 0 spiro atoms. The van der Waals surface area contributed by atoms with Crippen LogP contribution < -0.4 is 10.6 Å². The van der Waals surface area contributed by atoms with E-state index in [2.05, 4.69) is 10.6 Å². The maximum atomic E-state index is 11.6. The van der Waals surface area contributed by atoms with Crippen LogP contribution in [0.2, 0.25) is 0 Å². The molecule has 2 aliphatic heterocycles. The van der Waals surface area contributed by atoms with Crippen LogP contribution in [0.4, 0.5) is 0 Å². The van der Waals surface area contributed by atoms with Gasteiger partial charge in [-0.2, -0.15) is 0 Å². The Bertz CT molecular complexity index is 230. The molecule has 3 atom stereocenters. The minimum Gasteiger partial charge on any atom is -0.307 e. The maximum absolute atomic E-state index is 11.6. The van der Waals surface area contributed by atoms with E-state index in [4.69, 9.17) is 0 Å². The summed E-state index contributed by atoms with van der Waals surface area (Å²) < 4.78 is 0. The van der Waals surface area contributed by atoms with Gasteiger partial charge in [0.1, 0.15) is 5.37 Å². The smallest absolute Gasteiger partial charge is 0.217 e. The summed E-state index contributed by atoms with van der Waals surface area (Å²) in [5, 5.41) is 5.79. The fourth-order valence-corrected chi connectivity index (χ4v) is 2.56. The summed E-state index contributed by atoms with van der Waals surface area (Å²) in [6, 6.07) is -0.255. The van der Waals surface area contributed by atoms with Crippen LogP contribution in [0, 0.1) is 0 Å². The molecule has 2 saturated heterocycles. The summed E-state index contributed by atoms with van der Waals surface area (Å²) >= 11 is 1.50. The minimum atomic E-state index is -0.265. The molecule has 0 bridgehead atoms. The third kappa shape index (κ3) is 1.77. The first kappa shape index (κ1) is 9.18. The second-order valence-corrected chi connectivity index (χ2v) is 4.39. The van der Waals surface area contributed by atoms with Gasteiger partial charge in [-0.25, -0.2) is 0 Å². The first-order valence-corrected chi connectivity index (χ1v) is 5.38. The summed E-state index contributed by atoms with van der Waals surface area (Å²) in [6.07, 6.45) is 2.79. The molecule has 0 aromatic rings. The third-order valence-corrected chi connectivity index (χ3v) is 3.58. The van der Waals surface area contributed by atoms with E-state index in [1.165, 1.54) is 11.8 Å². The third-order valence-electron chi connectivity index (χ3n) is 2.35. The fraction of sp³-hybridized carbons (Fsp3) is 0.750. The molecule has 0 aliphatic carbocycles. The van der Waals surface area contributed by atoms with E-state index in [1.54, 1.807) is 0 Å². The van der Waals surface area contributed by atoms with Gasteiger partial charge in [-0.15, -0.1) is 11.8 Å². The van der Waals surface area contributed by atoms with E-state index in [0.717, 1.165) is 13.0 Å². The summed E-state index contributed by atoms with van der Waals surface area (Å²) in [6.45, 7) is 0.928. The molecule has 2 N–H and O–H groups in total. The number of ketones is 1. The van der Waals surface area contributed by atoms with Crippen LogP contribution in [-0.4, -0.2) is 41.8 Å². The van der Waals surface area contributed by atoms with Crippen LogP contribution in [0.25, 0.3) is 0 Å². The maximum Gasteiger partial charge on any atom is 0.217 e. The quantitative estimate of drug-likeness (QED) is 0.614. The van der Waals surface area contributed by atoms with Gasteiger partial charge in [0.2, 0.25) is 6.29 Å². The van der Waals surface area contributed by atoms with Gasteiger partial charge in [-0.05, 0) is 13.0 Å². The Morgan fingerprint density at radius 1 is 1.54 bits per heavy atom. The van der Waals surface area contributed by atoms with Crippen molar-refractivity contribution in [3.05, 3.63) is 0 Å². The highest BCUT2D eigenvalue weighted by molar-refractivity contribution is 8.00. The first-order valence-electron chi connectivity index (χ1n) is 4.33. The number of hydrogen-bond donors (Lipinski definition) is 2. The topological polar surface area (TPSA) is 58.2 Å². The molecule has 71 valence electrons. The highest BCUT2D eigenvalue weighted by Gasteiger charge is 2.36. The van der Waals surface area contributed by atoms with Crippen molar-refractivity contribution in [1.82, 2.24) is 10.6 Å². The Kier molecular flexibility index (Phi) is 2.66. The molecule has 0 aromatic carbocycles. The monoisotopic (exact) mass is 199 g/mol. The molecule has 5 heteroatoms. The number of hydrogen-bond acceptors (Lipinski definition) is 5. The van der Waals surface area contributed by atoms with Crippen LogP contribution in [0.3, 0.4) is 0 Å². The van der Waals surface area contributed by atoms with E-state index < -0.39 is 0 Å². The van der Waals surface area contributed by atoms with Gasteiger partial charge in [-0.1, -0.05) is 0 Å². The van der Waals surface area contributed by atoms with Gasteiger partial charge < -0.3 is 5.32 Å². The molecule has 0 aromatic heterocycles. The lowest BCUT2D eigenvalue weighted by Crippen LogP contribution is -2.53. The zero-order valence-corrected chi connectivity index (χ0v) is 7.89. The van der Waals surface area contributed by atoms with Gasteiger partial charge >= 0.3 is 0 Å². The lowest BCUT2D eigenvalue weighted by molar-refractivity contribution is -0.122. The molecule has 1 radical (unpaired) electrons. The standard InChI is InChI=1S/C8H11N2O2S/c11-3-5-4-13-8(10-5)7(12)6-1-2-9-6/h5-6,8-10H,1-2,4H2. The zero-order valence-electron chi connectivity index (χ0n) is 7.08. The van der Waals surface area contributed by atoms with Crippen molar-refractivity contribution < 1.29 is 9.59 Å². The molecular formula is C8H11N2O2S. The summed E-state index contributed by atoms with van der Waals surface area (Å²) in [4.78, 5) is 21.9. The van der Waals surface area contributed by atoms with Crippen LogP contribution in [0.5, 0.6) is 0 Å². The van der Waals surface area contributed by atoms with Crippen molar-refractivity contribution in [2.24, 2.45) is 0 Å². The van der Waals surface area contributed by atoms with E-state index >= 15 is 0 Å². The molecular weight excluding hydrogens is 188 g/mol. The van der Waals surface area contributed by atoms with Crippen molar-refractivity contribution in [2.75, 3.05) is 12.3 Å². The fourth-order valence-electron chi connectivity index (χ4n) is 1.42. The predicted molar refractivity (Wildman–Crippen MR) is 50.3 cm³/mol. The number of nitrogens with one attached hydrogen (secondary N) is 2. The Morgan fingerprint density at radius 2 is 2.31 bits per heavy atom. The molecule has 0 amide bonds. The summed E-state index contributed by atoms with van der Waals surface area (Å²) in [7, 11) is 0.